The second-order valence-corrected chi connectivity index (χ2v) is 9.02. The lowest BCUT2D eigenvalue weighted by Gasteiger charge is -2.36. The summed E-state index contributed by atoms with van der Waals surface area (Å²) < 4.78 is 80.0. The molecule has 0 spiro atoms. The summed E-state index contributed by atoms with van der Waals surface area (Å²) in [5.74, 6) is -0.606. The Kier molecular flexibility index (Phi) is 6.59. The Hall–Kier alpha value is -2.55. The number of amides is 1. The van der Waals surface area contributed by atoms with Crippen LogP contribution in [0.2, 0.25) is 0 Å². The van der Waals surface area contributed by atoms with Gasteiger partial charge in [0.2, 0.25) is 5.91 Å². The third-order valence-corrected chi connectivity index (χ3v) is 6.43. The summed E-state index contributed by atoms with van der Waals surface area (Å²) in [5, 5.41) is 3.24. The lowest BCUT2D eigenvalue weighted by Crippen LogP contribution is -2.49. The van der Waals surface area contributed by atoms with Gasteiger partial charge in [0, 0.05) is 26.1 Å². The van der Waals surface area contributed by atoms with Crippen molar-refractivity contribution in [1.82, 2.24) is 10.2 Å². The number of nitrogens with zero attached hydrogens (tertiary/aromatic N) is 1. The minimum atomic E-state index is -4.98. The molecular formula is C24H26F6N2O. The molecule has 1 aliphatic rings. The molecule has 0 saturated carbocycles. The predicted octanol–water partition coefficient (Wildman–Crippen LogP) is 5.52. The van der Waals surface area contributed by atoms with Gasteiger partial charge in [0.15, 0.2) is 0 Å². The fraction of sp³-hybridized carbons (Fsp3) is 0.458. The molecule has 0 aromatic heterocycles. The van der Waals surface area contributed by atoms with E-state index in [4.69, 9.17) is 0 Å². The highest BCUT2D eigenvalue weighted by Crippen LogP contribution is 2.40. The molecule has 1 N–H and O–H groups in total. The van der Waals surface area contributed by atoms with E-state index in [0.29, 0.717) is 25.2 Å². The molecule has 0 aliphatic carbocycles. The minimum absolute atomic E-state index is 0.0526. The molecule has 1 saturated heterocycles. The Morgan fingerprint density at radius 1 is 0.909 bits per heavy atom. The Morgan fingerprint density at radius 3 is 1.94 bits per heavy atom. The zero-order valence-corrected chi connectivity index (χ0v) is 18.7. The molecular weight excluding hydrogens is 446 g/mol. The average Bonchev–Trinajstić information content (AvgIpc) is 3.21. The van der Waals surface area contributed by atoms with E-state index in [1.54, 1.807) is 7.05 Å². The van der Waals surface area contributed by atoms with Crippen LogP contribution >= 0.6 is 0 Å². The number of alkyl halides is 6. The van der Waals surface area contributed by atoms with E-state index in [9.17, 15) is 31.1 Å². The molecule has 180 valence electrons. The van der Waals surface area contributed by atoms with Crippen molar-refractivity contribution in [2.45, 2.75) is 50.5 Å². The van der Waals surface area contributed by atoms with Gasteiger partial charge in [-0.1, -0.05) is 24.3 Å². The largest absolute Gasteiger partial charge is 0.416 e. The number of hydrogen-bond donors (Lipinski definition) is 1. The van der Waals surface area contributed by atoms with Crippen LogP contribution in [0, 0.1) is 6.92 Å². The molecule has 0 bridgehead atoms. The van der Waals surface area contributed by atoms with Gasteiger partial charge in [0.25, 0.3) is 0 Å². The summed E-state index contributed by atoms with van der Waals surface area (Å²) in [4.78, 5) is 14.9. The fourth-order valence-corrected chi connectivity index (χ4v) is 4.42. The van der Waals surface area contributed by atoms with Gasteiger partial charge >= 0.3 is 12.4 Å². The van der Waals surface area contributed by atoms with E-state index < -0.39 is 34.8 Å². The maximum absolute atomic E-state index is 13.5. The molecule has 0 radical (unpaired) electrons. The predicted molar refractivity (Wildman–Crippen MR) is 113 cm³/mol. The third kappa shape index (κ3) is 5.03. The average molecular weight is 472 g/mol. The zero-order valence-electron chi connectivity index (χ0n) is 18.7. The molecule has 2 aromatic rings. The molecule has 1 fully saturated rings. The normalized spacial score (nSPS) is 19.6. The quantitative estimate of drug-likeness (QED) is 0.594. The molecule has 0 unspecified atom stereocenters. The van der Waals surface area contributed by atoms with Crippen molar-refractivity contribution in [3.05, 3.63) is 70.3 Å². The Morgan fingerprint density at radius 2 is 1.42 bits per heavy atom. The smallest absolute Gasteiger partial charge is 0.340 e. The summed E-state index contributed by atoms with van der Waals surface area (Å²) in [6.07, 6.45) is -9.96. The maximum atomic E-state index is 13.5. The first-order valence-corrected chi connectivity index (χ1v) is 10.5. The lowest BCUT2D eigenvalue weighted by atomic mass is 9.80. The summed E-state index contributed by atoms with van der Waals surface area (Å²) in [5.41, 5.74) is -2.73. The van der Waals surface area contributed by atoms with Gasteiger partial charge in [-0.15, -0.1) is 0 Å². The molecule has 1 heterocycles. The number of likely N-dealkylation sites (N-methyl/N-ethyl adjacent to an activating group) is 1. The molecule has 9 heteroatoms. The highest BCUT2D eigenvalue weighted by atomic mass is 19.4. The van der Waals surface area contributed by atoms with Crippen LogP contribution in [0.4, 0.5) is 26.3 Å². The van der Waals surface area contributed by atoms with Gasteiger partial charge in [-0.05, 0) is 55.7 Å². The van der Waals surface area contributed by atoms with Crippen LogP contribution in [0.3, 0.4) is 0 Å². The highest BCUT2D eigenvalue weighted by Gasteiger charge is 2.43. The first-order chi connectivity index (χ1) is 15.1. The fourth-order valence-electron chi connectivity index (χ4n) is 4.42. The van der Waals surface area contributed by atoms with E-state index in [-0.39, 0.29) is 23.6 Å². The van der Waals surface area contributed by atoms with E-state index in [1.165, 1.54) is 18.7 Å². The van der Waals surface area contributed by atoms with Crippen molar-refractivity contribution >= 4 is 5.91 Å². The number of carbonyl (C=O) groups excluding carboxylic acids is 1. The summed E-state index contributed by atoms with van der Waals surface area (Å²) in [6.45, 7) is 5.74. The molecule has 2 aromatic carbocycles. The van der Waals surface area contributed by atoms with Crippen LogP contribution < -0.4 is 5.32 Å². The van der Waals surface area contributed by atoms with Crippen molar-refractivity contribution in [3.63, 3.8) is 0 Å². The van der Waals surface area contributed by atoms with E-state index >= 15 is 0 Å². The molecule has 3 nitrogen and oxygen atoms in total. The van der Waals surface area contributed by atoms with Gasteiger partial charge in [0.1, 0.15) is 0 Å². The SMILES string of the molecule is Cc1ccccc1[C@@H]1CNC[C@H]1N(C)C(=O)C(C)(C)c1cc(C(F)(F)F)cc(C(F)(F)F)c1. The second kappa shape index (κ2) is 8.66. The van der Waals surface area contributed by atoms with Crippen LogP contribution in [0.5, 0.6) is 0 Å². The zero-order chi connectivity index (χ0) is 24.8. The molecule has 1 amide bonds. The van der Waals surface area contributed by atoms with Crippen molar-refractivity contribution in [2.75, 3.05) is 20.1 Å². The molecule has 1 aliphatic heterocycles. The van der Waals surface area contributed by atoms with E-state index in [2.05, 4.69) is 5.32 Å². The van der Waals surface area contributed by atoms with Crippen molar-refractivity contribution < 1.29 is 31.1 Å². The number of rotatable bonds is 4. The van der Waals surface area contributed by atoms with E-state index in [1.807, 2.05) is 31.2 Å². The number of aryl methyl sites for hydroxylation is 1. The van der Waals surface area contributed by atoms with Crippen LogP contribution in [-0.4, -0.2) is 37.0 Å². The van der Waals surface area contributed by atoms with Crippen molar-refractivity contribution in [3.8, 4) is 0 Å². The number of nitrogens with one attached hydrogen (secondary N) is 1. The molecule has 33 heavy (non-hydrogen) atoms. The molecule has 2 atom stereocenters. The highest BCUT2D eigenvalue weighted by molar-refractivity contribution is 5.87. The monoisotopic (exact) mass is 472 g/mol. The van der Waals surface area contributed by atoms with Gasteiger partial charge in [-0.2, -0.15) is 26.3 Å². The Balaban J connectivity index is 1.98. The first-order valence-electron chi connectivity index (χ1n) is 10.5. The maximum Gasteiger partial charge on any atom is 0.416 e. The minimum Gasteiger partial charge on any atom is -0.340 e. The van der Waals surface area contributed by atoms with Gasteiger partial charge in [-0.25, -0.2) is 0 Å². The number of benzene rings is 2. The number of halogens is 6. The summed E-state index contributed by atoms with van der Waals surface area (Å²) in [7, 11) is 1.55. The number of hydrogen-bond acceptors (Lipinski definition) is 2. The second-order valence-electron chi connectivity index (χ2n) is 9.02. The third-order valence-electron chi connectivity index (χ3n) is 6.43. The van der Waals surface area contributed by atoms with Crippen LogP contribution in [0.25, 0.3) is 0 Å². The lowest BCUT2D eigenvalue weighted by molar-refractivity contribution is -0.144. The van der Waals surface area contributed by atoms with Crippen molar-refractivity contribution in [1.29, 1.82) is 0 Å². The summed E-state index contributed by atoms with van der Waals surface area (Å²) in [6, 6.07) is 8.75. The standard InChI is InChI=1S/C24H26F6N2O/c1-14-7-5-6-8-18(14)19-12-31-13-20(19)32(4)21(33)22(2,3)15-9-16(23(25,26)27)11-17(10-15)24(28,29)30/h5-11,19-20,31H,12-13H2,1-4H3/t19-,20+/m0/s1. The van der Waals surface area contributed by atoms with Crippen LogP contribution in [-0.2, 0) is 22.6 Å². The van der Waals surface area contributed by atoms with Crippen LogP contribution in [0.1, 0.15) is 47.6 Å². The number of carbonyl (C=O) groups is 1. The van der Waals surface area contributed by atoms with Crippen LogP contribution in [0.15, 0.2) is 42.5 Å². The van der Waals surface area contributed by atoms with Gasteiger partial charge < -0.3 is 10.2 Å². The van der Waals surface area contributed by atoms with Gasteiger partial charge in [0.05, 0.1) is 22.6 Å². The topological polar surface area (TPSA) is 32.3 Å². The Labute approximate surface area is 188 Å². The molecule has 3 rings (SSSR count). The van der Waals surface area contributed by atoms with Crippen molar-refractivity contribution in [2.24, 2.45) is 0 Å². The Bertz CT molecular complexity index is 996. The first kappa shape index (κ1) is 25.1. The van der Waals surface area contributed by atoms with Gasteiger partial charge in [-0.3, -0.25) is 4.79 Å². The summed E-state index contributed by atoms with van der Waals surface area (Å²) >= 11 is 0. The van der Waals surface area contributed by atoms with E-state index in [0.717, 1.165) is 11.1 Å².